The summed E-state index contributed by atoms with van der Waals surface area (Å²) in [5, 5.41) is 3.42. The quantitative estimate of drug-likeness (QED) is 0.359. The molecule has 0 unspecified atom stereocenters. The van der Waals surface area contributed by atoms with E-state index in [-0.39, 0.29) is 5.56 Å². The Hall–Kier alpha value is -2.99. The van der Waals surface area contributed by atoms with Gasteiger partial charge in [0.25, 0.3) is 5.56 Å². The number of nitrogens with zero attached hydrogens (tertiary/aromatic N) is 3. The van der Waals surface area contributed by atoms with Gasteiger partial charge in [-0.05, 0) is 41.1 Å². The number of guanidine groups is 1. The molecular weight excluding hydrogens is 392 g/mol. The first-order chi connectivity index (χ1) is 14.6. The monoisotopic (exact) mass is 420 g/mol. The zero-order chi connectivity index (χ0) is 21.3. The molecule has 3 rings (SSSR count). The van der Waals surface area contributed by atoms with Gasteiger partial charge in [0.1, 0.15) is 0 Å². The lowest BCUT2D eigenvalue weighted by atomic mass is 10.1. The molecule has 0 aliphatic heterocycles. The Morgan fingerprint density at radius 3 is 2.30 bits per heavy atom. The van der Waals surface area contributed by atoms with Crippen molar-refractivity contribution in [2.75, 3.05) is 20.4 Å². The predicted octanol–water partition coefficient (Wildman–Crippen LogP) is 3.83. The van der Waals surface area contributed by atoms with E-state index in [1.165, 1.54) is 10.5 Å². The molecule has 0 bridgehead atoms. The lowest BCUT2D eigenvalue weighted by Gasteiger charge is -2.22. The van der Waals surface area contributed by atoms with Crippen LogP contribution in [0.3, 0.4) is 0 Å². The molecular formula is C24H28N4OS. The molecule has 0 aliphatic rings. The summed E-state index contributed by atoms with van der Waals surface area (Å²) in [7, 11) is 3.84. The smallest absolute Gasteiger partial charge is 0.250 e. The van der Waals surface area contributed by atoms with E-state index >= 15 is 0 Å². The first-order valence-corrected chi connectivity index (χ1v) is 11.1. The molecule has 0 aliphatic carbocycles. The lowest BCUT2D eigenvalue weighted by molar-refractivity contribution is 0.476. The van der Waals surface area contributed by atoms with Gasteiger partial charge in [-0.25, -0.2) is 0 Å². The fourth-order valence-electron chi connectivity index (χ4n) is 3.20. The molecule has 0 saturated carbocycles. The van der Waals surface area contributed by atoms with Gasteiger partial charge in [0.05, 0.1) is 6.54 Å². The van der Waals surface area contributed by atoms with Crippen LogP contribution in [0.15, 0.2) is 87.6 Å². The van der Waals surface area contributed by atoms with E-state index in [4.69, 9.17) is 0 Å². The number of hydrogen-bond donors (Lipinski definition) is 1. The van der Waals surface area contributed by atoms with Crippen molar-refractivity contribution in [3.05, 3.63) is 100.0 Å². The van der Waals surface area contributed by atoms with Crippen molar-refractivity contribution in [1.82, 2.24) is 14.8 Å². The van der Waals surface area contributed by atoms with Crippen molar-refractivity contribution < 1.29 is 0 Å². The molecule has 0 atom stereocenters. The number of nitrogens with one attached hydrogen (secondary N) is 1. The zero-order valence-electron chi connectivity index (χ0n) is 17.7. The minimum absolute atomic E-state index is 0.0122. The van der Waals surface area contributed by atoms with Crippen LogP contribution in [-0.4, -0.2) is 35.8 Å². The standard InChI is InChI=1S/C24H28N4OS/c1-25-24(27(2)17-20-11-13-22(30-3)14-12-20)26-16-19-7-9-21(10-8-19)18-28-15-5-4-6-23(28)29/h4-15H,16-18H2,1-3H3,(H,25,26). The molecule has 0 fully saturated rings. The highest BCUT2D eigenvalue weighted by atomic mass is 32.2. The number of aromatic nitrogens is 1. The van der Waals surface area contributed by atoms with Gasteiger partial charge in [0.15, 0.2) is 5.96 Å². The van der Waals surface area contributed by atoms with E-state index in [9.17, 15) is 4.79 Å². The normalized spacial score (nSPS) is 11.4. The minimum Gasteiger partial charge on any atom is -0.352 e. The summed E-state index contributed by atoms with van der Waals surface area (Å²) in [6.45, 7) is 2.06. The molecule has 0 radical (unpaired) electrons. The maximum absolute atomic E-state index is 11.9. The van der Waals surface area contributed by atoms with Crippen LogP contribution in [0.2, 0.25) is 0 Å². The minimum atomic E-state index is 0.0122. The fourth-order valence-corrected chi connectivity index (χ4v) is 3.60. The molecule has 0 amide bonds. The number of aliphatic imine (C=N–C) groups is 1. The Balaban J connectivity index is 1.55. The Kier molecular flexibility index (Phi) is 7.74. The van der Waals surface area contributed by atoms with Gasteiger partial charge < -0.3 is 14.8 Å². The van der Waals surface area contributed by atoms with E-state index in [1.54, 1.807) is 35.5 Å². The van der Waals surface area contributed by atoms with Crippen LogP contribution in [-0.2, 0) is 19.6 Å². The lowest BCUT2D eigenvalue weighted by Crippen LogP contribution is -2.38. The highest BCUT2D eigenvalue weighted by Crippen LogP contribution is 2.15. The molecule has 1 N–H and O–H groups in total. The first-order valence-electron chi connectivity index (χ1n) is 9.87. The van der Waals surface area contributed by atoms with Gasteiger partial charge in [0.2, 0.25) is 0 Å². The van der Waals surface area contributed by atoms with E-state index < -0.39 is 0 Å². The van der Waals surface area contributed by atoms with Gasteiger partial charge in [-0.2, -0.15) is 0 Å². The van der Waals surface area contributed by atoms with Crippen LogP contribution < -0.4 is 10.9 Å². The highest BCUT2D eigenvalue weighted by molar-refractivity contribution is 7.98. The second-order valence-electron chi connectivity index (χ2n) is 7.09. The Labute approximate surface area is 182 Å². The second kappa shape index (κ2) is 10.7. The average molecular weight is 421 g/mol. The molecule has 5 nitrogen and oxygen atoms in total. The van der Waals surface area contributed by atoms with E-state index in [2.05, 4.69) is 70.0 Å². The summed E-state index contributed by atoms with van der Waals surface area (Å²) in [5.74, 6) is 0.851. The first kappa shape index (κ1) is 21.7. The maximum atomic E-state index is 11.9. The predicted molar refractivity (Wildman–Crippen MR) is 126 cm³/mol. The summed E-state index contributed by atoms with van der Waals surface area (Å²) in [6.07, 6.45) is 3.90. The van der Waals surface area contributed by atoms with Gasteiger partial charge in [-0.15, -0.1) is 11.8 Å². The largest absolute Gasteiger partial charge is 0.352 e. The molecule has 0 saturated heterocycles. The summed E-state index contributed by atoms with van der Waals surface area (Å²) < 4.78 is 1.70. The Morgan fingerprint density at radius 1 is 1.00 bits per heavy atom. The molecule has 3 aromatic rings. The summed E-state index contributed by atoms with van der Waals surface area (Å²) in [4.78, 5) is 19.7. The molecule has 0 spiro atoms. The van der Waals surface area contributed by atoms with E-state index in [0.29, 0.717) is 13.1 Å². The Morgan fingerprint density at radius 2 is 1.67 bits per heavy atom. The van der Waals surface area contributed by atoms with Gasteiger partial charge >= 0.3 is 0 Å². The number of hydrogen-bond acceptors (Lipinski definition) is 3. The van der Waals surface area contributed by atoms with Crippen molar-refractivity contribution in [3.63, 3.8) is 0 Å². The molecule has 6 heteroatoms. The zero-order valence-corrected chi connectivity index (χ0v) is 18.5. The second-order valence-corrected chi connectivity index (χ2v) is 7.97. The third-order valence-corrected chi connectivity index (χ3v) is 5.62. The third-order valence-electron chi connectivity index (χ3n) is 4.88. The van der Waals surface area contributed by atoms with Crippen LogP contribution in [0.25, 0.3) is 0 Å². The number of thioether (sulfide) groups is 1. The van der Waals surface area contributed by atoms with E-state index in [1.807, 2.05) is 19.3 Å². The van der Waals surface area contributed by atoms with Crippen molar-refractivity contribution >= 4 is 17.7 Å². The third kappa shape index (κ3) is 6.00. The molecule has 1 aromatic heterocycles. The number of benzene rings is 2. The average Bonchev–Trinajstić information content (AvgIpc) is 2.77. The number of pyridine rings is 1. The summed E-state index contributed by atoms with van der Waals surface area (Å²) in [5.41, 5.74) is 3.53. The van der Waals surface area contributed by atoms with Crippen LogP contribution in [0.5, 0.6) is 0 Å². The Bertz CT molecular complexity index is 1030. The number of rotatable bonds is 7. The van der Waals surface area contributed by atoms with E-state index in [0.717, 1.165) is 23.6 Å². The van der Waals surface area contributed by atoms with Crippen molar-refractivity contribution in [2.45, 2.75) is 24.5 Å². The SMILES string of the molecule is CN=C(NCc1ccc(Cn2ccccc2=O)cc1)N(C)Cc1ccc(SC)cc1. The molecule has 2 aromatic carbocycles. The van der Waals surface area contributed by atoms with Crippen molar-refractivity contribution in [1.29, 1.82) is 0 Å². The van der Waals surface area contributed by atoms with Gasteiger partial charge in [-0.3, -0.25) is 9.79 Å². The molecule has 30 heavy (non-hydrogen) atoms. The summed E-state index contributed by atoms with van der Waals surface area (Å²) >= 11 is 1.75. The van der Waals surface area contributed by atoms with Crippen LogP contribution >= 0.6 is 11.8 Å². The molecule has 156 valence electrons. The van der Waals surface area contributed by atoms with Crippen molar-refractivity contribution in [3.8, 4) is 0 Å². The van der Waals surface area contributed by atoms with Gasteiger partial charge in [-0.1, -0.05) is 42.5 Å². The van der Waals surface area contributed by atoms with Crippen LogP contribution in [0, 0.1) is 0 Å². The highest BCUT2D eigenvalue weighted by Gasteiger charge is 2.07. The maximum Gasteiger partial charge on any atom is 0.250 e. The summed E-state index contributed by atoms with van der Waals surface area (Å²) in [6, 6.07) is 22.1. The molecule has 1 heterocycles. The topological polar surface area (TPSA) is 49.6 Å². The van der Waals surface area contributed by atoms with Gasteiger partial charge in [0, 0.05) is 44.3 Å². The van der Waals surface area contributed by atoms with Crippen LogP contribution in [0.1, 0.15) is 16.7 Å². The fraction of sp³-hybridized carbons (Fsp3) is 0.250. The van der Waals surface area contributed by atoms with Crippen molar-refractivity contribution in [2.24, 2.45) is 4.99 Å². The van der Waals surface area contributed by atoms with Crippen LogP contribution in [0.4, 0.5) is 0 Å².